The van der Waals surface area contributed by atoms with Crippen molar-refractivity contribution < 1.29 is 0 Å². The van der Waals surface area contributed by atoms with E-state index in [2.05, 4.69) is 42.1 Å². The zero-order valence-electron chi connectivity index (χ0n) is 19.3. The zero-order chi connectivity index (χ0) is 23.6. The predicted octanol–water partition coefficient (Wildman–Crippen LogP) is 5.55. The van der Waals surface area contributed by atoms with E-state index < -0.39 is 0 Å². The number of nitriles is 1. The van der Waals surface area contributed by atoms with Crippen molar-refractivity contribution in [2.24, 2.45) is 5.41 Å². The molecule has 0 aliphatic heterocycles. The van der Waals surface area contributed by atoms with Gasteiger partial charge in [0.05, 0.1) is 17.7 Å². The van der Waals surface area contributed by atoms with Crippen LogP contribution in [0.4, 0.5) is 5.95 Å². The average Bonchev–Trinajstić information content (AvgIpc) is 2.80. The molecule has 166 valence electrons. The highest BCUT2D eigenvalue weighted by atomic mass is 16.1. The lowest BCUT2D eigenvalue weighted by atomic mass is 9.97. The van der Waals surface area contributed by atoms with E-state index in [0.717, 1.165) is 22.1 Å². The van der Waals surface area contributed by atoms with E-state index in [1.165, 1.54) is 0 Å². The maximum atomic E-state index is 12.5. The fraction of sp³-hybridized carbons (Fsp3) is 0.259. The molecule has 4 aromatic rings. The van der Waals surface area contributed by atoms with Gasteiger partial charge in [0.15, 0.2) is 0 Å². The third-order valence-electron chi connectivity index (χ3n) is 5.47. The second-order valence-corrected chi connectivity index (χ2v) is 9.44. The maximum absolute atomic E-state index is 12.5. The molecule has 0 aliphatic rings. The van der Waals surface area contributed by atoms with Gasteiger partial charge in [0, 0.05) is 24.2 Å². The molecule has 0 amide bonds. The summed E-state index contributed by atoms with van der Waals surface area (Å²) in [6, 6.07) is 21.2. The number of rotatable bonds is 5. The summed E-state index contributed by atoms with van der Waals surface area (Å²) in [6.45, 7) is 8.90. The number of hydrogen-bond donors (Lipinski definition) is 1. The Hall–Kier alpha value is -3.98. The molecule has 1 N–H and O–H groups in total. The molecule has 0 saturated heterocycles. The topological polar surface area (TPSA) is 83.6 Å². The lowest BCUT2D eigenvalue weighted by Crippen LogP contribution is -2.27. The Bertz CT molecular complexity index is 1390. The number of nitrogens with zero attached hydrogens (tertiary/aromatic N) is 4. The summed E-state index contributed by atoms with van der Waals surface area (Å²) in [5.74, 6) is 0.474. The monoisotopic (exact) mass is 437 g/mol. The van der Waals surface area contributed by atoms with Gasteiger partial charge in [0.1, 0.15) is 5.65 Å². The SMILES string of the molecule is CC(Nc1ncc2ccc(=O)n(CC(C)(C)C)c2n1)c1ccc(-c2ccccc2C#N)cc1. The molecule has 0 spiro atoms. The Morgan fingerprint density at radius 2 is 1.79 bits per heavy atom. The van der Waals surface area contributed by atoms with Crippen LogP contribution in [-0.2, 0) is 6.54 Å². The minimum Gasteiger partial charge on any atom is -0.348 e. The molecule has 2 aromatic heterocycles. The van der Waals surface area contributed by atoms with E-state index in [4.69, 9.17) is 0 Å². The fourth-order valence-electron chi connectivity index (χ4n) is 3.83. The van der Waals surface area contributed by atoms with Gasteiger partial charge in [-0.05, 0) is 41.2 Å². The van der Waals surface area contributed by atoms with Crippen molar-refractivity contribution in [1.82, 2.24) is 14.5 Å². The second kappa shape index (κ2) is 8.87. The third-order valence-corrected chi connectivity index (χ3v) is 5.47. The van der Waals surface area contributed by atoms with E-state index in [0.29, 0.717) is 23.7 Å². The van der Waals surface area contributed by atoms with Crippen molar-refractivity contribution in [2.45, 2.75) is 40.3 Å². The Morgan fingerprint density at radius 3 is 2.48 bits per heavy atom. The number of hydrogen-bond acceptors (Lipinski definition) is 5. The van der Waals surface area contributed by atoms with Crippen molar-refractivity contribution >= 4 is 17.0 Å². The van der Waals surface area contributed by atoms with E-state index in [1.807, 2.05) is 55.5 Å². The highest BCUT2D eigenvalue weighted by Gasteiger charge is 2.16. The summed E-state index contributed by atoms with van der Waals surface area (Å²) in [4.78, 5) is 21.7. The highest BCUT2D eigenvalue weighted by Crippen LogP contribution is 2.26. The van der Waals surface area contributed by atoms with Crippen molar-refractivity contribution in [2.75, 3.05) is 5.32 Å². The zero-order valence-corrected chi connectivity index (χ0v) is 19.3. The summed E-state index contributed by atoms with van der Waals surface area (Å²) < 4.78 is 1.72. The quantitative estimate of drug-likeness (QED) is 0.443. The molecule has 0 aliphatic carbocycles. The molecule has 6 nitrogen and oxygen atoms in total. The standard InChI is InChI=1S/C27H27N5O/c1-18(19-9-11-20(12-10-19)23-8-6-5-7-21(23)15-28)30-26-29-16-22-13-14-24(33)32(25(22)31-26)17-27(2,3)4/h5-14,16,18H,17H2,1-4H3,(H,29,30,31). The Labute approximate surface area is 193 Å². The molecule has 1 unspecified atom stereocenters. The second-order valence-electron chi connectivity index (χ2n) is 9.44. The lowest BCUT2D eigenvalue weighted by Gasteiger charge is -2.21. The predicted molar refractivity (Wildman–Crippen MR) is 132 cm³/mol. The highest BCUT2D eigenvalue weighted by molar-refractivity contribution is 5.75. The van der Waals surface area contributed by atoms with Gasteiger partial charge < -0.3 is 5.32 Å². The largest absolute Gasteiger partial charge is 0.348 e. The molecule has 2 heterocycles. The maximum Gasteiger partial charge on any atom is 0.252 e. The van der Waals surface area contributed by atoms with Crippen molar-refractivity contribution in [3.63, 3.8) is 0 Å². The lowest BCUT2D eigenvalue weighted by molar-refractivity contribution is 0.343. The molecule has 4 rings (SSSR count). The van der Waals surface area contributed by atoms with Crippen LogP contribution in [-0.4, -0.2) is 14.5 Å². The number of benzene rings is 2. The number of nitrogens with one attached hydrogen (secondary N) is 1. The Morgan fingerprint density at radius 1 is 1.06 bits per heavy atom. The molecule has 0 bridgehead atoms. The van der Waals surface area contributed by atoms with Gasteiger partial charge in [-0.2, -0.15) is 10.2 Å². The number of pyridine rings is 1. The van der Waals surface area contributed by atoms with E-state index in [9.17, 15) is 10.1 Å². The van der Waals surface area contributed by atoms with Crippen LogP contribution in [0.3, 0.4) is 0 Å². The van der Waals surface area contributed by atoms with Crippen LogP contribution in [0, 0.1) is 16.7 Å². The first-order valence-corrected chi connectivity index (χ1v) is 11.0. The summed E-state index contributed by atoms with van der Waals surface area (Å²) in [5, 5.41) is 13.5. The molecule has 0 saturated carbocycles. The van der Waals surface area contributed by atoms with Crippen LogP contribution in [0.2, 0.25) is 0 Å². The van der Waals surface area contributed by atoms with Crippen LogP contribution in [0.25, 0.3) is 22.2 Å². The first kappa shape index (κ1) is 22.2. The minimum atomic E-state index is -0.0663. The Kier molecular flexibility index (Phi) is 5.97. The van der Waals surface area contributed by atoms with E-state index in [-0.39, 0.29) is 17.0 Å². The molecular formula is C27H27N5O. The van der Waals surface area contributed by atoms with Gasteiger partial charge in [-0.15, -0.1) is 0 Å². The first-order chi connectivity index (χ1) is 15.7. The van der Waals surface area contributed by atoms with Crippen LogP contribution >= 0.6 is 0 Å². The average molecular weight is 438 g/mol. The number of fused-ring (bicyclic) bond motifs is 1. The summed E-state index contributed by atoms with van der Waals surface area (Å²) in [6.07, 6.45) is 1.75. The smallest absolute Gasteiger partial charge is 0.252 e. The summed E-state index contributed by atoms with van der Waals surface area (Å²) in [7, 11) is 0. The molecule has 0 fully saturated rings. The van der Waals surface area contributed by atoms with Crippen molar-refractivity contribution in [3.05, 3.63) is 88.3 Å². The van der Waals surface area contributed by atoms with Gasteiger partial charge in [-0.1, -0.05) is 63.2 Å². The van der Waals surface area contributed by atoms with Crippen LogP contribution < -0.4 is 10.9 Å². The molecule has 0 radical (unpaired) electrons. The molecular weight excluding hydrogens is 410 g/mol. The van der Waals surface area contributed by atoms with E-state index in [1.54, 1.807) is 22.9 Å². The number of aromatic nitrogens is 3. The normalized spacial score (nSPS) is 12.3. The van der Waals surface area contributed by atoms with Crippen molar-refractivity contribution in [1.29, 1.82) is 5.26 Å². The van der Waals surface area contributed by atoms with Gasteiger partial charge >= 0.3 is 0 Å². The van der Waals surface area contributed by atoms with Crippen LogP contribution in [0.5, 0.6) is 0 Å². The fourth-order valence-corrected chi connectivity index (χ4v) is 3.83. The molecule has 2 aromatic carbocycles. The first-order valence-electron chi connectivity index (χ1n) is 11.0. The van der Waals surface area contributed by atoms with Crippen LogP contribution in [0.1, 0.15) is 44.9 Å². The van der Waals surface area contributed by atoms with Gasteiger partial charge in [-0.25, -0.2) is 4.98 Å². The summed E-state index contributed by atoms with van der Waals surface area (Å²) in [5.41, 5.74) is 4.14. The van der Waals surface area contributed by atoms with Crippen LogP contribution in [0.15, 0.2) is 71.7 Å². The van der Waals surface area contributed by atoms with E-state index >= 15 is 0 Å². The molecule has 33 heavy (non-hydrogen) atoms. The minimum absolute atomic E-state index is 0.0470. The van der Waals surface area contributed by atoms with Gasteiger partial charge in [-0.3, -0.25) is 9.36 Å². The third kappa shape index (κ3) is 4.93. The Balaban J connectivity index is 1.60. The van der Waals surface area contributed by atoms with Gasteiger partial charge in [0.2, 0.25) is 5.95 Å². The summed E-state index contributed by atoms with van der Waals surface area (Å²) >= 11 is 0. The number of anilines is 1. The molecule has 6 heteroatoms. The van der Waals surface area contributed by atoms with Gasteiger partial charge in [0.25, 0.3) is 5.56 Å². The molecule has 1 atom stereocenters. The van der Waals surface area contributed by atoms with Crippen molar-refractivity contribution in [3.8, 4) is 17.2 Å².